The summed E-state index contributed by atoms with van der Waals surface area (Å²) in [6.45, 7) is 0.870. The molecule has 138 valence electrons. The first-order chi connectivity index (χ1) is 12.5. The number of carbonyl (C=O) groups excluding carboxylic acids is 1. The van der Waals surface area contributed by atoms with Crippen molar-refractivity contribution in [3.05, 3.63) is 65.5 Å². The average molecular weight is 360 g/mol. The van der Waals surface area contributed by atoms with Crippen molar-refractivity contribution in [2.45, 2.75) is 31.8 Å². The first-order valence-corrected chi connectivity index (χ1v) is 8.87. The first-order valence-electron chi connectivity index (χ1n) is 8.87. The van der Waals surface area contributed by atoms with Crippen molar-refractivity contribution in [1.82, 2.24) is 9.88 Å². The number of aliphatic hydroxyl groups excluding tert-OH is 1. The van der Waals surface area contributed by atoms with Crippen LogP contribution in [0.3, 0.4) is 0 Å². The fourth-order valence-corrected chi connectivity index (χ4v) is 3.40. The molecule has 1 aromatic carbocycles. The van der Waals surface area contributed by atoms with E-state index in [1.54, 1.807) is 0 Å². The van der Waals surface area contributed by atoms with Gasteiger partial charge in [-0.25, -0.2) is 13.8 Å². The monoisotopic (exact) mass is 360 g/mol. The molecule has 0 saturated carbocycles. The summed E-state index contributed by atoms with van der Waals surface area (Å²) in [7, 11) is 0. The molecule has 1 aliphatic heterocycles. The van der Waals surface area contributed by atoms with E-state index in [2.05, 4.69) is 4.98 Å². The van der Waals surface area contributed by atoms with E-state index in [9.17, 15) is 18.7 Å². The van der Waals surface area contributed by atoms with Gasteiger partial charge in [0.15, 0.2) is 11.5 Å². The van der Waals surface area contributed by atoms with Crippen LogP contribution in [0.5, 0.6) is 0 Å². The van der Waals surface area contributed by atoms with Crippen LogP contribution >= 0.6 is 0 Å². The van der Waals surface area contributed by atoms with E-state index in [-0.39, 0.29) is 11.6 Å². The second-order valence-corrected chi connectivity index (χ2v) is 6.71. The van der Waals surface area contributed by atoms with Crippen LogP contribution in [0, 0.1) is 17.6 Å². The van der Waals surface area contributed by atoms with E-state index >= 15 is 0 Å². The fraction of sp³-hybridized carbons (Fsp3) is 0.400. The zero-order valence-corrected chi connectivity index (χ0v) is 14.4. The Morgan fingerprint density at radius 1 is 1.23 bits per heavy atom. The van der Waals surface area contributed by atoms with Crippen LogP contribution in [0.15, 0.2) is 42.6 Å². The number of nitrogens with zero attached hydrogens (tertiary/aromatic N) is 2. The number of amides is 1. The minimum absolute atomic E-state index is 0.119. The Hall–Kier alpha value is -2.34. The second-order valence-electron chi connectivity index (χ2n) is 6.71. The largest absolute Gasteiger partial charge is 0.393 e. The van der Waals surface area contributed by atoms with E-state index in [1.807, 2.05) is 30.3 Å². The molecule has 1 amide bonds. The van der Waals surface area contributed by atoms with Crippen LogP contribution in [0.25, 0.3) is 0 Å². The molecule has 0 bridgehead atoms. The van der Waals surface area contributed by atoms with E-state index in [0.29, 0.717) is 38.4 Å². The number of hydrogen-bond donors (Lipinski definition) is 1. The normalized spacial score (nSPS) is 16.5. The number of aromatic nitrogens is 1. The molecule has 0 spiro atoms. The second kappa shape index (κ2) is 8.36. The fourth-order valence-electron chi connectivity index (χ4n) is 3.40. The number of piperidine rings is 1. The highest BCUT2D eigenvalue weighted by molar-refractivity contribution is 5.92. The molecule has 26 heavy (non-hydrogen) atoms. The number of hydrogen-bond acceptors (Lipinski definition) is 3. The Kier molecular flexibility index (Phi) is 5.93. The van der Waals surface area contributed by atoms with E-state index in [4.69, 9.17) is 0 Å². The predicted octanol–water partition coefficient (Wildman–Crippen LogP) is 3.21. The van der Waals surface area contributed by atoms with Crippen molar-refractivity contribution in [2.75, 3.05) is 13.1 Å². The minimum atomic E-state index is -0.944. The standard InChI is InChI=1S/C20H22F2N2O2/c21-16-12-17(22)19(23-13-16)20(26)24-10-8-15(9-11-24)18(25)7-6-14-4-2-1-3-5-14/h1-5,12-13,15,18,25H,6-11H2/t18-/m0/s1. The van der Waals surface area contributed by atoms with Gasteiger partial charge < -0.3 is 10.0 Å². The lowest BCUT2D eigenvalue weighted by Gasteiger charge is -2.34. The molecule has 1 N–H and O–H groups in total. The number of rotatable bonds is 5. The van der Waals surface area contributed by atoms with Gasteiger partial charge in [0.2, 0.25) is 0 Å². The third-order valence-electron chi connectivity index (χ3n) is 4.95. The summed E-state index contributed by atoms with van der Waals surface area (Å²) in [6.07, 6.45) is 3.22. The summed E-state index contributed by atoms with van der Waals surface area (Å²) in [5, 5.41) is 10.4. The third-order valence-corrected chi connectivity index (χ3v) is 4.95. The van der Waals surface area contributed by atoms with Gasteiger partial charge in [0.25, 0.3) is 5.91 Å². The summed E-state index contributed by atoms with van der Waals surface area (Å²) >= 11 is 0. The van der Waals surface area contributed by atoms with Crippen molar-refractivity contribution in [3.63, 3.8) is 0 Å². The molecule has 1 atom stereocenters. The number of aliphatic hydroxyl groups is 1. The van der Waals surface area contributed by atoms with Gasteiger partial charge in [-0.2, -0.15) is 0 Å². The lowest BCUT2D eigenvalue weighted by atomic mass is 9.88. The van der Waals surface area contributed by atoms with Crippen molar-refractivity contribution >= 4 is 5.91 Å². The Bertz CT molecular complexity index is 747. The molecule has 0 unspecified atom stereocenters. The molecular formula is C20H22F2N2O2. The Morgan fingerprint density at radius 3 is 2.58 bits per heavy atom. The lowest BCUT2D eigenvalue weighted by Crippen LogP contribution is -2.42. The van der Waals surface area contributed by atoms with Crippen molar-refractivity contribution in [1.29, 1.82) is 0 Å². The number of aryl methyl sites for hydroxylation is 1. The Labute approximate surface area is 151 Å². The van der Waals surface area contributed by atoms with E-state index in [0.717, 1.165) is 12.6 Å². The highest BCUT2D eigenvalue weighted by Crippen LogP contribution is 2.24. The lowest BCUT2D eigenvalue weighted by molar-refractivity contribution is 0.0430. The van der Waals surface area contributed by atoms with Crippen LogP contribution in [0.1, 0.15) is 35.3 Å². The number of halogens is 2. The van der Waals surface area contributed by atoms with Gasteiger partial charge in [-0.1, -0.05) is 30.3 Å². The molecule has 0 radical (unpaired) electrons. The number of likely N-dealkylation sites (tertiary alicyclic amines) is 1. The maximum absolute atomic E-state index is 13.7. The highest BCUT2D eigenvalue weighted by atomic mass is 19.1. The minimum Gasteiger partial charge on any atom is -0.393 e. The zero-order valence-electron chi connectivity index (χ0n) is 14.4. The van der Waals surface area contributed by atoms with Crippen LogP contribution in [-0.4, -0.2) is 40.1 Å². The van der Waals surface area contributed by atoms with Gasteiger partial charge in [0, 0.05) is 19.2 Å². The molecule has 1 saturated heterocycles. The van der Waals surface area contributed by atoms with Gasteiger partial charge in [0.05, 0.1) is 12.3 Å². The maximum atomic E-state index is 13.7. The Balaban J connectivity index is 1.51. The molecule has 2 heterocycles. The number of carbonyl (C=O) groups is 1. The molecule has 1 aromatic heterocycles. The van der Waals surface area contributed by atoms with Crippen LogP contribution < -0.4 is 0 Å². The Morgan fingerprint density at radius 2 is 1.92 bits per heavy atom. The molecule has 0 aliphatic carbocycles. The first kappa shape index (κ1) is 18.5. The van der Waals surface area contributed by atoms with Crippen LogP contribution in [-0.2, 0) is 6.42 Å². The molecule has 1 fully saturated rings. The van der Waals surface area contributed by atoms with E-state index in [1.165, 1.54) is 10.5 Å². The summed E-state index contributed by atoms with van der Waals surface area (Å²) in [5.74, 6) is -2.16. The van der Waals surface area contributed by atoms with Crippen molar-refractivity contribution < 1.29 is 18.7 Å². The van der Waals surface area contributed by atoms with E-state index < -0.39 is 23.6 Å². The molecule has 6 heteroatoms. The van der Waals surface area contributed by atoms with Crippen LogP contribution in [0.2, 0.25) is 0 Å². The molecule has 4 nitrogen and oxygen atoms in total. The smallest absolute Gasteiger partial charge is 0.275 e. The number of benzene rings is 1. The molecular weight excluding hydrogens is 338 g/mol. The third kappa shape index (κ3) is 4.43. The number of pyridine rings is 1. The summed E-state index contributed by atoms with van der Waals surface area (Å²) in [6, 6.07) is 10.7. The topological polar surface area (TPSA) is 53.4 Å². The van der Waals surface area contributed by atoms with Crippen LogP contribution in [0.4, 0.5) is 8.78 Å². The predicted molar refractivity (Wildman–Crippen MR) is 93.6 cm³/mol. The highest BCUT2D eigenvalue weighted by Gasteiger charge is 2.29. The van der Waals surface area contributed by atoms with Gasteiger partial charge in [0.1, 0.15) is 5.82 Å². The summed E-state index contributed by atoms with van der Waals surface area (Å²) < 4.78 is 26.7. The summed E-state index contributed by atoms with van der Waals surface area (Å²) in [5.41, 5.74) is 0.839. The average Bonchev–Trinajstić information content (AvgIpc) is 2.66. The zero-order chi connectivity index (χ0) is 18.5. The van der Waals surface area contributed by atoms with Crippen molar-refractivity contribution in [3.8, 4) is 0 Å². The molecule has 1 aliphatic rings. The summed E-state index contributed by atoms with van der Waals surface area (Å²) in [4.78, 5) is 17.5. The molecule has 2 aromatic rings. The maximum Gasteiger partial charge on any atom is 0.275 e. The SMILES string of the molecule is O=C(c1ncc(F)cc1F)N1CCC([C@@H](O)CCc2ccccc2)CC1. The van der Waals surface area contributed by atoms with Gasteiger partial charge >= 0.3 is 0 Å². The van der Waals surface area contributed by atoms with Crippen molar-refractivity contribution in [2.24, 2.45) is 5.92 Å². The van der Waals surface area contributed by atoms with Gasteiger partial charge in [-0.3, -0.25) is 4.79 Å². The van der Waals surface area contributed by atoms with Gasteiger partial charge in [-0.05, 0) is 37.2 Å². The quantitative estimate of drug-likeness (QED) is 0.891. The van der Waals surface area contributed by atoms with Gasteiger partial charge in [-0.15, -0.1) is 0 Å². The molecule has 3 rings (SSSR count).